The molecule has 0 aliphatic carbocycles. The van der Waals surface area contributed by atoms with E-state index in [0.29, 0.717) is 4.88 Å². The summed E-state index contributed by atoms with van der Waals surface area (Å²) in [6.45, 7) is 1.29. The minimum Gasteiger partial charge on any atom is -0.325 e. The highest BCUT2D eigenvalue weighted by Crippen LogP contribution is 2.31. The Morgan fingerprint density at radius 2 is 2.23 bits per heavy atom. The van der Waals surface area contributed by atoms with Gasteiger partial charge in [0.25, 0.3) is 5.92 Å². The maximum absolute atomic E-state index is 12.9. The van der Waals surface area contributed by atoms with Gasteiger partial charge in [0.1, 0.15) is 0 Å². The van der Waals surface area contributed by atoms with Crippen molar-refractivity contribution in [2.45, 2.75) is 19.3 Å². The van der Waals surface area contributed by atoms with Gasteiger partial charge < -0.3 is 5.73 Å². The molecular weight excluding hydrogens is 260 g/mol. The Balaban J connectivity index is 2.79. The Morgan fingerprint density at radius 1 is 1.62 bits per heavy atom. The molecule has 0 aliphatic rings. The maximum atomic E-state index is 12.9. The van der Waals surface area contributed by atoms with Crippen LogP contribution in [0.4, 0.5) is 8.78 Å². The maximum Gasteiger partial charge on any atom is 0.264 e. The van der Waals surface area contributed by atoms with E-state index in [9.17, 15) is 8.78 Å². The third-order valence-electron chi connectivity index (χ3n) is 1.60. The van der Waals surface area contributed by atoms with Crippen molar-refractivity contribution in [3.63, 3.8) is 0 Å². The van der Waals surface area contributed by atoms with Gasteiger partial charge in [-0.3, -0.25) is 0 Å². The number of aryl methyl sites for hydroxylation is 1. The predicted molar refractivity (Wildman–Crippen MR) is 54.5 cm³/mol. The van der Waals surface area contributed by atoms with Crippen LogP contribution >= 0.6 is 27.3 Å². The molecule has 5 heteroatoms. The van der Waals surface area contributed by atoms with Gasteiger partial charge in [-0.15, -0.1) is 11.3 Å². The van der Waals surface area contributed by atoms with Crippen molar-refractivity contribution in [2.24, 2.45) is 5.73 Å². The van der Waals surface area contributed by atoms with Crippen molar-refractivity contribution in [3.8, 4) is 0 Å². The van der Waals surface area contributed by atoms with Crippen molar-refractivity contribution < 1.29 is 8.78 Å². The van der Waals surface area contributed by atoms with Crippen molar-refractivity contribution in [1.82, 2.24) is 0 Å². The standard InChI is InChI=1S/C8H10BrF2NS/c1-5-2-6(9)7(13-5)3-8(10,11)4-12/h2H,3-4,12H2,1H3. The lowest BCUT2D eigenvalue weighted by Gasteiger charge is -2.12. The molecule has 1 aromatic heterocycles. The molecule has 1 rings (SSSR count). The lowest BCUT2D eigenvalue weighted by molar-refractivity contribution is 0.0121. The molecule has 2 N–H and O–H groups in total. The van der Waals surface area contributed by atoms with E-state index in [-0.39, 0.29) is 6.42 Å². The molecular formula is C8H10BrF2NS. The molecule has 0 atom stereocenters. The average molecular weight is 270 g/mol. The molecule has 0 aliphatic heterocycles. The van der Waals surface area contributed by atoms with E-state index in [1.165, 1.54) is 11.3 Å². The van der Waals surface area contributed by atoms with Crippen LogP contribution in [-0.4, -0.2) is 12.5 Å². The third-order valence-corrected chi connectivity index (χ3v) is 3.62. The quantitative estimate of drug-likeness (QED) is 0.897. The summed E-state index contributed by atoms with van der Waals surface area (Å²) in [6, 6.07) is 1.84. The first-order chi connectivity index (χ1) is 5.94. The van der Waals surface area contributed by atoms with Crippen LogP contribution in [0.2, 0.25) is 0 Å². The Bertz CT molecular complexity index is 298. The summed E-state index contributed by atoms with van der Waals surface area (Å²) in [5.74, 6) is -2.79. The summed E-state index contributed by atoms with van der Waals surface area (Å²) >= 11 is 4.61. The Hall–Kier alpha value is -0.0000000000000000555. The number of alkyl halides is 2. The molecule has 0 radical (unpaired) electrons. The molecule has 0 fully saturated rings. The van der Waals surface area contributed by atoms with E-state index < -0.39 is 12.5 Å². The highest BCUT2D eigenvalue weighted by Gasteiger charge is 2.28. The van der Waals surface area contributed by atoms with Gasteiger partial charge in [-0.25, -0.2) is 8.78 Å². The molecule has 0 saturated heterocycles. The molecule has 0 bridgehead atoms. The second-order valence-electron chi connectivity index (χ2n) is 2.87. The predicted octanol–water partition coefficient (Wildman–Crippen LogP) is 2.96. The summed E-state index contributed by atoms with van der Waals surface area (Å²) in [5.41, 5.74) is 4.95. The van der Waals surface area contributed by atoms with Crippen LogP contribution in [0.5, 0.6) is 0 Å². The van der Waals surface area contributed by atoms with E-state index in [1.807, 2.05) is 13.0 Å². The summed E-state index contributed by atoms with van der Waals surface area (Å²) in [7, 11) is 0. The van der Waals surface area contributed by atoms with Gasteiger partial charge in [-0.05, 0) is 28.9 Å². The molecule has 1 heterocycles. The summed E-state index contributed by atoms with van der Waals surface area (Å²) in [6.07, 6.45) is -0.275. The lowest BCUT2D eigenvalue weighted by atomic mass is 10.2. The van der Waals surface area contributed by atoms with Gasteiger partial charge in [0.15, 0.2) is 0 Å². The first kappa shape index (κ1) is 11.1. The topological polar surface area (TPSA) is 26.0 Å². The highest BCUT2D eigenvalue weighted by molar-refractivity contribution is 9.10. The number of hydrogen-bond donors (Lipinski definition) is 1. The average Bonchev–Trinajstić information content (AvgIpc) is 2.30. The summed E-state index contributed by atoms with van der Waals surface area (Å²) < 4.78 is 26.5. The molecule has 1 aromatic rings. The van der Waals surface area contributed by atoms with Gasteiger partial charge in [0, 0.05) is 20.6 Å². The highest BCUT2D eigenvalue weighted by atomic mass is 79.9. The van der Waals surface area contributed by atoms with Crippen LogP contribution in [0.25, 0.3) is 0 Å². The number of thiophene rings is 1. The molecule has 0 unspecified atom stereocenters. The fraction of sp³-hybridized carbons (Fsp3) is 0.500. The van der Waals surface area contributed by atoms with Crippen LogP contribution in [0.1, 0.15) is 9.75 Å². The van der Waals surface area contributed by atoms with Crippen molar-refractivity contribution in [1.29, 1.82) is 0 Å². The van der Waals surface area contributed by atoms with E-state index in [0.717, 1.165) is 9.35 Å². The van der Waals surface area contributed by atoms with Crippen LogP contribution in [-0.2, 0) is 6.42 Å². The van der Waals surface area contributed by atoms with Crippen LogP contribution in [0.15, 0.2) is 10.5 Å². The van der Waals surface area contributed by atoms with E-state index >= 15 is 0 Å². The number of halogens is 3. The van der Waals surface area contributed by atoms with Gasteiger partial charge in [-0.1, -0.05) is 0 Å². The minimum atomic E-state index is -2.79. The summed E-state index contributed by atoms with van der Waals surface area (Å²) in [4.78, 5) is 1.68. The SMILES string of the molecule is Cc1cc(Br)c(CC(F)(F)CN)s1. The first-order valence-electron chi connectivity index (χ1n) is 3.77. The fourth-order valence-corrected chi connectivity index (χ4v) is 2.84. The fourth-order valence-electron chi connectivity index (χ4n) is 0.959. The number of nitrogens with two attached hydrogens (primary N) is 1. The third kappa shape index (κ3) is 3.00. The van der Waals surface area contributed by atoms with Crippen LogP contribution in [0, 0.1) is 6.92 Å². The van der Waals surface area contributed by atoms with Gasteiger partial charge in [0.05, 0.1) is 6.54 Å². The van der Waals surface area contributed by atoms with Crippen LogP contribution in [0.3, 0.4) is 0 Å². The van der Waals surface area contributed by atoms with E-state index in [4.69, 9.17) is 5.73 Å². The van der Waals surface area contributed by atoms with Gasteiger partial charge in [0.2, 0.25) is 0 Å². The molecule has 0 aromatic carbocycles. The Labute approximate surface area is 88.1 Å². The zero-order valence-electron chi connectivity index (χ0n) is 7.11. The monoisotopic (exact) mass is 269 g/mol. The van der Waals surface area contributed by atoms with Crippen LogP contribution < -0.4 is 5.73 Å². The number of hydrogen-bond acceptors (Lipinski definition) is 2. The second kappa shape index (κ2) is 4.02. The second-order valence-corrected chi connectivity index (χ2v) is 5.06. The van der Waals surface area contributed by atoms with Crippen molar-refractivity contribution in [2.75, 3.05) is 6.54 Å². The molecule has 0 amide bonds. The lowest BCUT2D eigenvalue weighted by Crippen LogP contribution is -2.29. The largest absolute Gasteiger partial charge is 0.325 e. The van der Waals surface area contributed by atoms with Gasteiger partial charge >= 0.3 is 0 Å². The summed E-state index contributed by atoms with van der Waals surface area (Å²) in [5, 5.41) is 0. The van der Waals surface area contributed by atoms with Gasteiger partial charge in [-0.2, -0.15) is 0 Å². The molecule has 74 valence electrons. The first-order valence-corrected chi connectivity index (χ1v) is 5.38. The number of rotatable bonds is 3. The minimum absolute atomic E-state index is 0.275. The Morgan fingerprint density at radius 3 is 2.62 bits per heavy atom. The van der Waals surface area contributed by atoms with E-state index in [2.05, 4.69) is 15.9 Å². The smallest absolute Gasteiger partial charge is 0.264 e. The molecule has 1 nitrogen and oxygen atoms in total. The molecule has 13 heavy (non-hydrogen) atoms. The van der Waals surface area contributed by atoms with Crippen molar-refractivity contribution >= 4 is 27.3 Å². The molecule has 0 saturated carbocycles. The Kier molecular flexibility index (Phi) is 3.43. The van der Waals surface area contributed by atoms with E-state index in [1.54, 1.807) is 0 Å². The zero-order chi connectivity index (χ0) is 10.1. The zero-order valence-corrected chi connectivity index (χ0v) is 9.51. The van der Waals surface area contributed by atoms with Crippen molar-refractivity contribution in [3.05, 3.63) is 20.3 Å². The normalized spacial score (nSPS) is 12.1. The molecule has 0 spiro atoms.